The number of aryl methyl sites for hydroxylation is 1. The monoisotopic (exact) mass is 434 g/mol. The van der Waals surface area contributed by atoms with Crippen molar-refractivity contribution in [1.82, 2.24) is 9.88 Å². The lowest BCUT2D eigenvalue weighted by Crippen LogP contribution is -2.41. The Kier molecular flexibility index (Phi) is 6.47. The average molecular weight is 435 g/mol. The van der Waals surface area contributed by atoms with E-state index < -0.39 is 0 Å². The first-order valence-electron chi connectivity index (χ1n) is 10.5. The maximum absolute atomic E-state index is 12.8. The highest BCUT2D eigenvalue weighted by Gasteiger charge is 2.28. The number of Topliss-reactive ketones (excluding diaryl/α,β-unsaturated/α-hetero) is 1. The average Bonchev–Trinajstić information content (AvgIpc) is 3.27. The number of carbonyl (C=O) groups excluding carboxylic acids is 2. The number of hydrogen-bond donors (Lipinski definition) is 0. The third-order valence-corrected chi connectivity index (χ3v) is 6.68. The van der Waals surface area contributed by atoms with Gasteiger partial charge in [-0.3, -0.25) is 9.59 Å². The quantitative estimate of drug-likeness (QED) is 0.524. The van der Waals surface area contributed by atoms with Gasteiger partial charge in [0.25, 0.3) is 0 Å². The van der Waals surface area contributed by atoms with Crippen molar-refractivity contribution in [2.24, 2.45) is 5.92 Å². The second kappa shape index (κ2) is 9.43. The van der Waals surface area contributed by atoms with Gasteiger partial charge in [-0.1, -0.05) is 23.8 Å². The number of piperidine rings is 1. The molecule has 1 saturated heterocycles. The molecule has 6 heteroatoms. The summed E-state index contributed by atoms with van der Waals surface area (Å²) < 4.78 is 5.16. The number of rotatable bonds is 6. The van der Waals surface area contributed by atoms with E-state index in [0.29, 0.717) is 37.9 Å². The minimum Gasteiger partial charge on any atom is -0.497 e. The normalized spacial score (nSPS) is 14.5. The van der Waals surface area contributed by atoms with Crippen LogP contribution in [0.4, 0.5) is 0 Å². The van der Waals surface area contributed by atoms with E-state index >= 15 is 0 Å². The molecule has 31 heavy (non-hydrogen) atoms. The van der Waals surface area contributed by atoms with Crippen molar-refractivity contribution < 1.29 is 14.3 Å². The zero-order chi connectivity index (χ0) is 21.8. The molecule has 160 valence electrons. The SMILES string of the molecule is COc1ccc(C(=O)C2CCN(C(=O)Cc3csc(-c4cccc(C)c4)n3)CC2)cc1. The fraction of sp³-hybridized carbons (Fsp3) is 0.320. The van der Waals surface area contributed by atoms with Gasteiger partial charge in [0.1, 0.15) is 10.8 Å². The molecule has 2 aromatic carbocycles. The van der Waals surface area contributed by atoms with Crippen LogP contribution in [0, 0.1) is 12.8 Å². The second-order valence-corrected chi connectivity index (χ2v) is 8.80. The van der Waals surface area contributed by atoms with Gasteiger partial charge in [0, 0.05) is 35.5 Å². The first-order valence-corrected chi connectivity index (χ1v) is 11.4. The molecule has 1 amide bonds. The molecule has 1 aliphatic heterocycles. The van der Waals surface area contributed by atoms with Gasteiger partial charge >= 0.3 is 0 Å². The molecule has 4 rings (SSSR count). The number of aromatic nitrogens is 1. The van der Waals surface area contributed by atoms with Crippen molar-refractivity contribution in [2.75, 3.05) is 20.2 Å². The van der Waals surface area contributed by atoms with Crippen LogP contribution >= 0.6 is 11.3 Å². The molecule has 0 saturated carbocycles. The highest BCUT2D eigenvalue weighted by atomic mass is 32.1. The van der Waals surface area contributed by atoms with Crippen molar-refractivity contribution in [2.45, 2.75) is 26.2 Å². The number of nitrogens with zero attached hydrogens (tertiary/aromatic N) is 2. The van der Waals surface area contributed by atoms with E-state index in [0.717, 1.165) is 22.0 Å². The number of thiazole rings is 1. The Morgan fingerprint density at radius 2 is 1.87 bits per heavy atom. The van der Waals surface area contributed by atoms with Crippen LogP contribution in [-0.4, -0.2) is 41.8 Å². The Bertz CT molecular complexity index is 1070. The number of methoxy groups -OCH3 is 1. The first-order chi connectivity index (χ1) is 15.0. The van der Waals surface area contributed by atoms with E-state index in [2.05, 4.69) is 24.0 Å². The van der Waals surface area contributed by atoms with E-state index in [1.165, 1.54) is 5.56 Å². The molecule has 1 aromatic heterocycles. The minimum atomic E-state index is -0.0374. The lowest BCUT2D eigenvalue weighted by Gasteiger charge is -2.31. The lowest BCUT2D eigenvalue weighted by atomic mass is 9.88. The summed E-state index contributed by atoms with van der Waals surface area (Å²) in [4.78, 5) is 32.1. The molecule has 2 heterocycles. The van der Waals surface area contributed by atoms with Crippen LogP contribution < -0.4 is 4.74 Å². The van der Waals surface area contributed by atoms with Gasteiger partial charge in [0.05, 0.1) is 19.2 Å². The number of ketones is 1. The highest BCUT2D eigenvalue weighted by molar-refractivity contribution is 7.13. The zero-order valence-corrected chi connectivity index (χ0v) is 18.7. The number of hydrogen-bond acceptors (Lipinski definition) is 5. The van der Waals surface area contributed by atoms with Gasteiger partial charge in [-0.15, -0.1) is 11.3 Å². The Morgan fingerprint density at radius 1 is 1.13 bits per heavy atom. The summed E-state index contributed by atoms with van der Waals surface area (Å²) in [5.41, 5.74) is 3.79. The van der Waals surface area contributed by atoms with Crippen LogP contribution in [0.5, 0.6) is 5.75 Å². The number of amides is 1. The van der Waals surface area contributed by atoms with Crippen LogP contribution in [-0.2, 0) is 11.2 Å². The van der Waals surface area contributed by atoms with Crippen LogP contribution in [0.2, 0.25) is 0 Å². The summed E-state index contributed by atoms with van der Waals surface area (Å²) in [6.45, 7) is 3.28. The zero-order valence-electron chi connectivity index (χ0n) is 17.8. The highest BCUT2D eigenvalue weighted by Crippen LogP contribution is 2.26. The Morgan fingerprint density at radius 3 is 2.55 bits per heavy atom. The van der Waals surface area contributed by atoms with Gasteiger partial charge in [0.15, 0.2) is 5.78 Å². The maximum atomic E-state index is 12.8. The van der Waals surface area contributed by atoms with Gasteiger partial charge in [-0.25, -0.2) is 4.98 Å². The summed E-state index contributed by atoms with van der Waals surface area (Å²) in [6.07, 6.45) is 1.70. The molecule has 0 bridgehead atoms. The van der Waals surface area contributed by atoms with E-state index in [4.69, 9.17) is 4.74 Å². The van der Waals surface area contributed by atoms with Crippen LogP contribution in [0.15, 0.2) is 53.9 Å². The fourth-order valence-corrected chi connectivity index (χ4v) is 4.76. The number of ether oxygens (including phenoxy) is 1. The Hall–Kier alpha value is -2.99. The Labute approximate surface area is 186 Å². The number of likely N-dealkylation sites (tertiary alicyclic amines) is 1. The number of carbonyl (C=O) groups is 2. The summed E-state index contributed by atoms with van der Waals surface area (Å²) in [5, 5.41) is 2.91. The van der Waals surface area contributed by atoms with Gasteiger partial charge < -0.3 is 9.64 Å². The molecule has 0 aliphatic carbocycles. The summed E-state index contributed by atoms with van der Waals surface area (Å²) >= 11 is 1.57. The molecular weight excluding hydrogens is 408 g/mol. The van der Waals surface area contributed by atoms with Gasteiger partial charge in [-0.2, -0.15) is 0 Å². The third-order valence-electron chi connectivity index (χ3n) is 5.74. The topological polar surface area (TPSA) is 59.5 Å². The van der Waals surface area contributed by atoms with Crippen molar-refractivity contribution in [1.29, 1.82) is 0 Å². The van der Waals surface area contributed by atoms with Crippen LogP contribution in [0.3, 0.4) is 0 Å². The van der Waals surface area contributed by atoms with Gasteiger partial charge in [-0.05, 0) is 50.1 Å². The number of benzene rings is 2. The largest absolute Gasteiger partial charge is 0.497 e. The molecule has 1 aliphatic rings. The van der Waals surface area contributed by atoms with Crippen LogP contribution in [0.1, 0.15) is 34.5 Å². The van der Waals surface area contributed by atoms with E-state index in [-0.39, 0.29) is 17.6 Å². The van der Waals surface area contributed by atoms with Crippen molar-refractivity contribution in [3.63, 3.8) is 0 Å². The predicted molar refractivity (Wildman–Crippen MR) is 123 cm³/mol. The standard InChI is InChI=1S/C25H26N2O3S/c1-17-4-3-5-20(14-17)25-26-21(16-31-25)15-23(28)27-12-10-19(11-13-27)24(29)18-6-8-22(30-2)9-7-18/h3-9,14,16,19H,10-13,15H2,1-2H3. The van der Waals surface area contributed by atoms with E-state index in [1.54, 1.807) is 18.4 Å². The molecule has 0 N–H and O–H groups in total. The lowest BCUT2D eigenvalue weighted by molar-refractivity contribution is -0.131. The molecule has 1 fully saturated rings. The molecular formula is C25H26N2O3S. The molecule has 0 radical (unpaired) electrons. The van der Waals surface area contributed by atoms with Gasteiger partial charge in [0.2, 0.25) is 5.91 Å². The van der Waals surface area contributed by atoms with Crippen molar-refractivity contribution in [3.05, 3.63) is 70.7 Å². The smallest absolute Gasteiger partial charge is 0.228 e. The Balaban J connectivity index is 1.32. The molecule has 5 nitrogen and oxygen atoms in total. The molecule has 0 unspecified atom stereocenters. The molecule has 3 aromatic rings. The molecule has 0 spiro atoms. The van der Waals surface area contributed by atoms with Crippen LogP contribution in [0.25, 0.3) is 10.6 Å². The summed E-state index contributed by atoms with van der Waals surface area (Å²) in [7, 11) is 1.61. The predicted octanol–water partition coefficient (Wildman–Crippen LogP) is 4.79. The van der Waals surface area contributed by atoms with Crippen molar-refractivity contribution in [3.8, 4) is 16.3 Å². The minimum absolute atomic E-state index is 0.0374. The molecule has 0 atom stereocenters. The van der Waals surface area contributed by atoms with E-state index in [1.807, 2.05) is 46.7 Å². The summed E-state index contributed by atoms with van der Waals surface area (Å²) in [5.74, 6) is 0.933. The van der Waals surface area contributed by atoms with Crippen molar-refractivity contribution >= 4 is 23.0 Å². The fourth-order valence-electron chi connectivity index (χ4n) is 3.95. The van der Waals surface area contributed by atoms with E-state index in [9.17, 15) is 9.59 Å². The second-order valence-electron chi connectivity index (χ2n) is 7.94. The maximum Gasteiger partial charge on any atom is 0.228 e. The third kappa shape index (κ3) is 5.02. The first kappa shape index (κ1) is 21.2. The summed E-state index contributed by atoms with van der Waals surface area (Å²) in [6, 6.07) is 15.5.